The lowest BCUT2D eigenvalue weighted by Crippen LogP contribution is -2.40. The van der Waals surface area contributed by atoms with Crippen molar-refractivity contribution in [2.75, 3.05) is 22.1 Å². The van der Waals surface area contributed by atoms with Crippen molar-refractivity contribution >= 4 is 40.5 Å². The van der Waals surface area contributed by atoms with Gasteiger partial charge in [-0.2, -0.15) is 0 Å². The molecule has 3 aromatic carbocycles. The van der Waals surface area contributed by atoms with Crippen molar-refractivity contribution in [1.29, 1.82) is 0 Å². The summed E-state index contributed by atoms with van der Waals surface area (Å²) in [5.41, 5.74) is 4.22. The van der Waals surface area contributed by atoms with Crippen LogP contribution in [0, 0.1) is 0 Å². The van der Waals surface area contributed by atoms with Gasteiger partial charge in [-0.15, -0.1) is 0 Å². The van der Waals surface area contributed by atoms with Crippen molar-refractivity contribution < 1.29 is 9.59 Å². The first-order chi connectivity index (χ1) is 14.5. The summed E-state index contributed by atoms with van der Waals surface area (Å²) in [5, 5.41) is 6.69. The van der Waals surface area contributed by atoms with Crippen LogP contribution in [0.25, 0.3) is 0 Å². The number of amides is 2. The molecule has 6 heteroatoms. The van der Waals surface area contributed by atoms with Gasteiger partial charge in [0.05, 0.1) is 0 Å². The lowest BCUT2D eigenvalue weighted by Gasteiger charge is -2.23. The molecule has 1 heterocycles. The maximum atomic E-state index is 12.9. The Labute approximate surface area is 180 Å². The van der Waals surface area contributed by atoms with E-state index in [1.807, 2.05) is 42.2 Å². The molecule has 0 aromatic heterocycles. The third-order valence-corrected chi connectivity index (χ3v) is 5.41. The summed E-state index contributed by atoms with van der Waals surface area (Å²) in [7, 11) is 0. The lowest BCUT2D eigenvalue weighted by molar-refractivity contribution is -0.118. The van der Waals surface area contributed by atoms with Crippen LogP contribution < -0.4 is 15.5 Å². The number of hydrogen-bond donors (Lipinski definition) is 2. The number of anilines is 3. The minimum Gasteiger partial charge on any atom is -0.374 e. The quantitative estimate of drug-likeness (QED) is 0.613. The zero-order valence-electron chi connectivity index (χ0n) is 16.6. The van der Waals surface area contributed by atoms with Crippen LogP contribution in [0.2, 0.25) is 5.02 Å². The predicted octanol–water partition coefficient (Wildman–Crippen LogP) is 4.98. The van der Waals surface area contributed by atoms with Crippen molar-refractivity contribution in [3.05, 3.63) is 88.9 Å². The second-order valence-electron chi connectivity index (χ2n) is 7.27. The van der Waals surface area contributed by atoms with Gasteiger partial charge >= 0.3 is 0 Å². The van der Waals surface area contributed by atoms with Crippen molar-refractivity contribution in [2.24, 2.45) is 0 Å². The predicted molar refractivity (Wildman–Crippen MR) is 121 cm³/mol. The highest BCUT2D eigenvalue weighted by molar-refractivity contribution is 6.30. The normalized spacial score (nSPS) is 13.5. The number of fused-ring (bicyclic) bond motifs is 1. The third-order valence-electron chi connectivity index (χ3n) is 5.16. The first kappa shape index (κ1) is 20.0. The van der Waals surface area contributed by atoms with Crippen molar-refractivity contribution in [3.8, 4) is 0 Å². The Kier molecular flexibility index (Phi) is 5.72. The van der Waals surface area contributed by atoms with Gasteiger partial charge in [0.15, 0.2) is 0 Å². The second kappa shape index (κ2) is 8.59. The van der Waals surface area contributed by atoms with Crippen LogP contribution in [0.5, 0.6) is 0 Å². The molecule has 0 fully saturated rings. The van der Waals surface area contributed by atoms with Crippen LogP contribution >= 0.6 is 11.6 Å². The Bertz CT molecular complexity index is 1060. The number of carbonyl (C=O) groups is 2. The molecule has 0 bridgehead atoms. The first-order valence-corrected chi connectivity index (χ1v) is 10.2. The topological polar surface area (TPSA) is 61.4 Å². The molecule has 152 valence electrons. The average Bonchev–Trinajstić information content (AvgIpc) is 3.19. The van der Waals surface area contributed by atoms with E-state index >= 15 is 0 Å². The molecule has 1 unspecified atom stereocenters. The van der Waals surface area contributed by atoms with Gasteiger partial charge < -0.3 is 15.5 Å². The molecule has 0 saturated carbocycles. The fraction of sp³-hybridized carbons (Fsp3) is 0.167. The highest BCUT2D eigenvalue weighted by Crippen LogP contribution is 2.28. The van der Waals surface area contributed by atoms with E-state index in [-0.39, 0.29) is 17.9 Å². The van der Waals surface area contributed by atoms with E-state index in [1.165, 1.54) is 5.56 Å². The zero-order chi connectivity index (χ0) is 21.1. The molecular weight excluding hydrogens is 398 g/mol. The summed E-state index contributed by atoms with van der Waals surface area (Å²) < 4.78 is 0. The fourth-order valence-corrected chi connectivity index (χ4v) is 3.69. The zero-order valence-corrected chi connectivity index (χ0v) is 17.3. The van der Waals surface area contributed by atoms with Gasteiger partial charge in [0.25, 0.3) is 5.91 Å². The SMILES string of the molecule is CC(Nc1ccc(NC(=O)c2ccc(Cl)cc2)cc1)C(=O)N1CCc2ccccc21. The molecular formula is C24H22ClN3O2. The fourth-order valence-electron chi connectivity index (χ4n) is 3.57. The number of rotatable bonds is 5. The van der Waals surface area contributed by atoms with E-state index in [9.17, 15) is 9.59 Å². The monoisotopic (exact) mass is 419 g/mol. The van der Waals surface area contributed by atoms with E-state index in [0.717, 1.165) is 17.8 Å². The highest BCUT2D eigenvalue weighted by Gasteiger charge is 2.27. The van der Waals surface area contributed by atoms with Gasteiger partial charge in [0, 0.05) is 34.2 Å². The van der Waals surface area contributed by atoms with E-state index in [4.69, 9.17) is 11.6 Å². The number of benzene rings is 3. The lowest BCUT2D eigenvalue weighted by atomic mass is 10.2. The standard InChI is InChI=1S/C24H22ClN3O2/c1-16(24(30)28-15-14-17-4-2-3-5-22(17)28)26-20-10-12-21(13-11-20)27-23(29)18-6-8-19(25)9-7-18/h2-13,16,26H,14-15H2,1H3,(H,27,29). The van der Waals surface area contributed by atoms with E-state index in [1.54, 1.807) is 36.4 Å². The molecule has 1 atom stereocenters. The van der Waals surface area contributed by atoms with E-state index in [0.29, 0.717) is 22.8 Å². The maximum absolute atomic E-state index is 12.9. The molecule has 0 spiro atoms. The minimum atomic E-state index is -0.370. The second-order valence-corrected chi connectivity index (χ2v) is 7.71. The van der Waals surface area contributed by atoms with Gasteiger partial charge in [0.1, 0.15) is 6.04 Å². The number of hydrogen-bond acceptors (Lipinski definition) is 3. The van der Waals surface area contributed by atoms with Crippen LogP contribution in [-0.4, -0.2) is 24.4 Å². The summed E-state index contributed by atoms with van der Waals surface area (Å²) in [5.74, 6) is -0.163. The summed E-state index contributed by atoms with van der Waals surface area (Å²) in [4.78, 5) is 27.0. The summed E-state index contributed by atoms with van der Waals surface area (Å²) in [6, 6.07) is 21.7. The number of carbonyl (C=O) groups excluding carboxylic acids is 2. The first-order valence-electron chi connectivity index (χ1n) is 9.84. The Morgan fingerprint density at radius 3 is 2.33 bits per heavy atom. The average molecular weight is 420 g/mol. The van der Waals surface area contributed by atoms with Crippen LogP contribution in [-0.2, 0) is 11.2 Å². The Balaban J connectivity index is 1.37. The van der Waals surface area contributed by atoms with Crippen molar-refractivity contribution in [1.82, 2.24) is 0 Å². The highest BCUT2D eigenvalue weighted by atomic mass is 35.5. The summed E-state index contributed by atoms with van der Waals surface area (Å²) in [6.45, 7) is 2.57. The van der Waals surface area contributed by atoms with E-state index < -0.39 is 0 Å². The number of halogens is 1. The molecule has 0 saturated heterocycles. The van der Waals surface area contributed by atoms with Crippen LogP contribution in [0.1, 0.15) is 22.8 Å². The third kappa shape index (κ3) is 4.31. The van der Waals surface area contributed by atoms with Crippen LogP contribution in [0.15, 0.2) is 72.8 Å². The smallest absolute Gasteiger partial charge is 0.255 e. The van der Waals surface area contributed by atoms with Crippen molar-refractivity contribution in [2.45, 2.75) is 19.4 Å². The number of para-hydroxylation sites is 1. The molecule has 0 radical (unpaired) electrons. The van der Waals surface area contributed by atoms with Crippen LogP contribution in [0.3, 0.4) is 0 Å². The minimum absolute atomic E-state index is 0.0417. The molecule has 1 aliphatic heterocycles. The van der Waals surface area contributed by atoms with Gasteiger partial charge in [0.2, 0.25) is 5.91 Å². The molecule has 4 rings (SSSR count). The number of nitrogens with zero attached hydrogens (tertiary/aromatic N) is 1. The van der Waals surface area contributed by atoms with Crippen LogP contribution in [0.4, 0.5) is 17.1 Å². The van der Waals surface area contributed by atoms with Gasteiger partial charge in [-0.3, -0.25) is 9.59 Å². The molecule has 2 N–H and O–H groups in total. The van der Waals surface area contributed by atoms with Gasteiger partial charge in [-0.1, -0.05) is 29.8 Å². The molecule has 0 aliphatic carbocycles. The van der Waals surface area contributed by atoms with Gasteiger partial charge in [-0.05, 0) is 73.5 Å². The largest absolute Gasteiger partial charge is 0.374 e. The molecule has 2 amide bonds. The Morgan fingerprint density at radius 1 is 0.933 bits per heavy atom. The van der Waals surface area contributed by atoms with E-state index in [2.05, 4.69) is 16.7 Å². The number of nitrogens with one attached hydrogen (secondary N) is 2. The molecule has 3 aromatic rings. The Hall–Kier alpha value is -3.31. The summed E-state index contributed by atoms with van der Waals surface area (Å²) >= 11 is 5.86. The maximum Gasteiger partial charge on any atom is 0.255 e. The molecule has 30 heavy (non-hydrogen) atoms. The Morgan fingerprint density at radius 2 is 1.60 bits per heavy atom. The summed E-state index contributed by atoms with van der Waals surface area (Å²) in [6.07, 6.45) is 0.886. The van der Waals surface area contributed by atoms with Gasteiger partial charge in [-0.25, -0.2) is 0 Å². The van der Waals surface area contributed by atoms with Crippen molar-refractivity contribution in [3.63, 3.8) is 0 Å². The molecule has 1 aliphatic rings. The molecule has 5 nitrogen and oxygen atoms in total.